The summed E-state index contributed by atoms with van der Waals surface area (Å²) in [4.78, 5) is 11.5. The summed E-state index contributed by atoms with van der Waals surface area (Å²) in [6.07, 6.45) is 1.27. The second kappa shape index (κ2) is 6.38. The fourth-order valence-electron chi connectivity index (χ4n) is 1.76. The van der Waals surface area contributed by atoms with Gasteiger partial charge in [0.05, 0.1) is 7.11 Å². The van der Waals surface area contributed by atoms with E-state index >= 15 is 0 Å². The number of nitrogens with one attached hydrogen (secondary N) is 1. The van der Waals surface area contributed by atoms with Crippen LogP contribution in [0.4, 0.5) is 0 Å². The first-order valence-electron chi connectivity index (χ1n) is 5.54. The van der Waals surface area contributed by atoms with Gasteiger partial charge in [-0.3, -0.25) is 4.79 Å². The van der Waals surface area contributed by atoms with Crippen molar-refractivity contribution in [3.8, 4) is 0 Å². The molecule has 0 aliphatic carbocycles. The lowest BCUT2D eigenvalue weighted by Crippen LogP contribution is -2.43. The molecule has 1 rings (SSSR count). The van der Waals surface area contributed by atoms with Crippen LogP contribution in [0.5, 0.6) is 0 Å². The molecule has 0 aromatic rings. The van der Waals surface area contributed by atoms with Crippen LogP contribution < -0.4 is 5.32 Å². The van der Waals surface area contributed by atoms with Crippen LogP contribution in [-0.4, -0.2) is 37.2 Å². The predicted octanol–water partition coefficient (Wildman–Crippen LogP) is 1.53. The first-order chi connectivity index (χ1) is 7.15. The Morgan fingerprint density at radius 1 is 1.60 bits per heavy atom. The van der Waals surface area contributed by atoms with Crippen molar-refractivity contribution < 1.29 is 9.53 Å². The third-order valence-electron chi connectivity index (χ3n) is 2.77. The molecule has 0 amide bonds. The lowest BCUT2D eigenvalue weighted by atomic mass is 10.0. The molecule has 1 fully saturated rings. The lowest BCUT2D eigenvalue weighted by molar-refractivity contribution is -0.144. The summed E-state index contributed by atoms with van der Waals surface area (Å²) in [5.74, 6) is 3.35. The minimum absolute atomic E-state index is 0.143. The van der Waals surface area contributed by atoms with Gasteiger partial charge >= 0.3 is 5.97 Å². The van der Waals surface area contributed by atoms with Gasteiger partial charge in [0, 0.05) is 0 Å². The van der Waals surface area contributed by atoms with Crippen LogP contribution in [0.2, 0.25) is 0 Å². The van der Waals surface area contributed by atoms with Crippen LogP contribution in [0.1, 0.15) is 20.3 Å². The first kappa shape index (κ1) is 12.8. The van der Waals surface area contributed by atoms with Gasteiger partial charge in [-0.2, -0.15) is 11.8 Å². The van der Waals surface area contributed by atoms with E-state index in [4.69, 9.17) is 4.74 Å². The Hall–Kier alpha value is -0.220. The zero-order valence-corrected chi connectivity index (χ0v) is 10.6. The van der Waals surface area contributed by atoms with Gasteiger partial charge in [0.25, 0.3) is 0 Å². The third kappa shape index (κ3) is 4.03. The smallest absolute Gasteiger partial charge is 0.323 e. The highest BCUT2D eigenvalue weighted by molar-refractivity contribution is 7.99. The number of rotatable bonds is 5. The van der Waals surface area contributed by atoms with E-state index in [0.717, 1.165) is 12.5 Å². The van der Waals surface area contributed by atoms with Gasteiger partial charge in [0.1, 0.15) is 6.04 Å². The van der Waals surface area contributed by atoms with Crippen molar-refractivity contribution in [1.82, 2.24) is 5.32 Å². The Bertz CT molecular complexity index is 203. The average Bonchev–Trinajstić information content (AvgIpc) is 2.70. The topological polar surface area (TPSA) is 38.3 Å². The maximum atomic E-state index is 11.5. The van der Waals surface area contributed by atoms with Crippen LogP contribution in [0.3, 0.4) is 0 Å². The zero-order chi connectivity index (χ0) is 11.3. The Morgan fingerprint density at radius 3 is 2.80 bits per heavy atom. The summed E-state index contributed by atoms with van der Waals surface area (Å²) in [6.45, 7) is 5.01. The molecule has 0 spiro atoms. The molecule has 88 valence electrons. The largest absolute Gasteiger partial charge is 0.468 e. The molecule has 0 saturated carbocycles. The molecule has 0 radical (unpaired) electrons. The molecular weight excluding hydrogens is 210 g/mol. The van der Waals surface area contributed by atoms with E-state index in [1.165, 1.54) is 25.0 Å². The molecule has 1 saturated heterocycles. The number of hydrogen-bond acceptors (Lipinski definition) is 4. The average molecular weight is 231 g/mol. The first-order valence-corrected chi connectivity index (χ1v) is 6.69. The molecule has 1 aliphatic rings. The highest BCUT2D eigenvalue weighted by Gasteiger charge is 2.24. The van der Waals surface area contributed by atoms with Gasteiger partial charge in [-0.1, -0.05) is 13.8 Å². The number of methoxy groups -OCH3 is 1. The molecular formula is C11H21NO2S. The highest BCUT2D eigenvalue weighted by Crippen LogP contribution is 2.22. The number of esters is 1. The minimum Gasteiger partial charge on any atom is -0.468 e. The molecule has 0 aromatic heterocycles. The molecule has 0 bridgehead atoms. The molecule has 1 aliphatic heterocycles. The number of ether oxygens (including phenoxy) is 1. The van der Waals surface area contributed by atoms with Crippen molar-refractivity contribution in [2.75, 3.05) is 25.2 Å². The van der Waals surface area contributed by atoms with E-state index < -0.39 is 0 Å². The minimum atomic E-state index is -0.152. The van der Waals surface area contributed by atoms with Crippen LogP contribution in [0.25, 0.3) is 0 Å². The van der Waals surface area contributed by atoms with Gasteiger partial charge < -0.3 is 10.1 Å². The van der Waals surface area contributed by atoms with E-state index in [0.29, 0.717) is 0 Å². The Labute approximate surface area is 96.3 Å². The fourth-order valence-corrected chi connectivity index (χ4v) is 3.04. The highest BCUT2D eigenvalue weighted by atomic mass is 32.2. The number of carbonyl (C=O) groups is 1. The maximum absolute atomic E-state index is 11.5. The van der Waals surface area contributed by atoms with E-state index in [1.54, 1.807) is 0 Å². The molecule has 1 heterocycles. The molecule has 2 atom stereocenters. The predicted molar refractivity (Wildman–Crippen MR) is 64.1 cm³/mol. The molecule has 0 aromatic carbocycles. The van der Waals surface area contributed by atoms with Crippen molar-refractivity contribution in [2.45, 2.75) is 26.3 Å². The monoisotopic (exact) mass is 231 g/mol. The summed E-state index contributed by atoms with van der Waals surface area (Å²) in [7, 11) is 1.45. The molecule has 2 unspecified atom stereocenters. The standard InChI is InChI=1S/C11H21NO2S/c1-8(2)10(11(13)14-3)12-6-9-4-5-15-7-9/h8-10,12H,4-7H2,1-3H3. The van der Waals surface area contributed by atoms with Crippen LogP contribution in [0.15, 0.2) is 0 Å². The van der Waals surface area contributed by atoms with Crippen molar-refractivity contribution >= 4 is 17.7 Å². The van der Waals surface area contributed by atoms with Crippen molar-refractivity contribution in [1.29, 1.82) is 0 Å². The Morgan fingerprint density at radius 2 is 2.33 bits per heavy atom. The van der Waals surface area contributed by atoms with Crippen molar-refractivity contribution in [3.63, 3.8) is 0 Å². The molecule has 15 heavy (non-hydrogen) atoms. The Kier molecular flexibility index (Phi) is 5.47. The van der Waals surface area contributed by atoms with Gasteiger partial charge in [-0.25, -0.2) is 0 Å². The Balaban J connectivity index is 2.33. The van der Waals surface area contributed by atoms with E-state index in [-0.39, 0.29) is 17.9 Å². The summed E-state index contributed by atoms with van der Waals surface area (Å²) in [5.41, 5.74) is 0. The van der Waals surface area contributed by atoms with Crippen LogP contribution in [-0.2, 0) is 9.53 Å². The second-order valence-corrected chi connectivity index (χ2v) is 5.53. The fraction of sp³-hybridized carbons (Fsp3) is 0.909. The number of thioether (sulfide) groups is 1. The lowest BCUT2D eigenvalue weighted by Gasteiger charge is -2.21. The summed E-state index contributed by atoms with van der Waals surface area (Å²) in [5, 5.41) is 3.32. The van der Waals surface area contributed by atoms with E-state index in [9.17, 15) is 4.79 Å². The van der Waals surface area contributed by atoms with Crippen LogP contribution >= 0.6 is 11.8 Å². The van der Waals surface area contributed by atoms with Gasteiger partial charge in [0.15, 0.2) is 0 Å². The molecule has 1 N–H and O–H groups in total. The maximum Gasteiger partial charge on any atom is 0.323 e. The molecule has 4 heteroatoms. The number of hydrogen-bond donors (Lipinski definition) is 1. The van der Waals surface area contributed by atoms with Crippen molar-refractivity contribution in [2.24, 2.45) is 11.8 Å². The van der Waals surface area contributed by atoms with E-state index in [1.807, 2.05) is 25.6 Å². The normalized spacial score (nSPS) is 23.1. The van der Waals surface area contributed by atoms with Gasteiger partial charge in [-0.05, 0) is 36.3 Å². The van der Waals surface area contributed by atoms with Gasteiger partial charge in [0.2, 0.25) is 0 Å². The SMILES string of the molecule is COC(=O)C(NCC1CCSC1)C(C)C. The summed E-state index contributed by atoms with van der Waals surface area (Å²) in [6, 6.07) is -0.152. The van der Waals surface area contributed by atoms with E-state index in [2.05, 4.69) is 5.32 Å². The second-order valence-electron chi connectivity index (χ2n) is 4.38. The molecule has 3 nitrogen and oxygen atoms in total. The summed E-state index contributed by atoms with van der Waals surface area (Å²) < 4.78 is 4.78. The van der Waals surface area contributed by atoms with Crippen LogP contribution in [0, 0.1) is 11.8 Å². The zero-order valence-electron chi connectivity index (χ0n) is 9.79. The quantitative estimate of drug-likeness (QED) is 0.728. The van der Waals surface area contributed by atoms with Crippen molar-refractivity contribution in [3.05, 3.63) is 0 Å². The summed E-state index contributed by atoms with van der Waals surface area (Å²) >= 11 is 2.00. The van der Waals surface area contributed by atoms with Gasteiger partial charge in [-0.15, -0.1) is 0 Å². The number of carbonyl (C=O) groups excluding carboxylic acids is 1. The third-order valence-corrected chi connectivity index (χ3v) is 4.00.